The van der Waals surface area contributed by atoms with Gasteiger partial charge in [0.25, 0.3) is 0 Å². The zero-order valence-electron chi connectivity index (χ0n) is 12.2. The van der Waals surface area contributed by atoms with E-state index in [1.54, 1.807) is 0 Å². The highest BCUT2D eigenvalue weighted by Crippen LogP contribution is 2.24. The number of aryl methyl sites for hydroxylation is 1. The first-order valence-corrected chi connectivity index (χ1v) is 7.63. The van der Waals surface area contributed by atoms with Gasteiger partial charge in [-0.2, -0.15) is 0 Å². The molecule has 0 unspecified atom stereocenters. The molecule has 1 aliphatic heterocycles. The van der Waals surface area contributed by atoms with Gasteiger partial charge in [-0.25, -0.2) is 0 Å². The first kappa shape index (κ1) is 14.1. The summed E-state index contributed by atoms with van der Waals surface area (Å²) in [6.07, 6.45) is 0. The Hall–Kier alpha value is -1.87. The van der Waals surface area contributed by atoms with E-state index in [-0.39, 0.29) is 0 Å². The van der Waals surface area contributed by atoms with Gasteiger partial charge in [0, 0.05) is 48.3 Å². The zero-order valence-corrected chi connectivity index (χ0v) is 13.0. The van der Waals surface area contributed by atoms with Crippen LogP contribution in [0.5, 0.6) is 0 Å². The first-order chi connectivity index (χ1) is 10.1. The summed E-state index contributed by atoms with van der Waals surface area (Å²) in [6.45, 7) is 6.07. The monoisotopic (exact) mass is 301 g/mol. The number of piperazine rings is 1. The van der Waals surface area contributed by atoms with Crippen LogP contribution in [0.4, 0.5) is 17.1 Å². The van der Waals surface area contributed by atoms with E-state index in [1.807, 2.05) is 19.1 Å². The van der Waals surface area contributed by atoms with Crippen molar-refractivity contribution in [3.05, 3.63) is 53.1 Å². The number of nitrogens with zero attached hydrogens (tertiary/aromatic N) is 2. The number of benzene rings is 2. The molecule has 21 heavy (non-hydrogen) atoms. The van der Waals surface area contributed by atoms with Crippen molar-refractivity contribution in [2.24, 2.45) is 0 Å². The van der Waals surface area contributed by atoms with E-state index in [0.29, 0.717) is 0 Å². The first-order valence-electron chi connectivity index (χ1n) is 7.25. The molecule has 0 atom stereocenters. The van der Waals surface area contributed by atoms with Gasteiger partial charge < -0.3 is 15.5 Å². The highest BCUT2D eigenvalue weighted by atomic mass is 35.5. The lowest BCUT2D eigenvalue weighted by molar-refractivity contribution is 0.653. The third kappa shape index (κ3) is 3.08. The molecule has 1 saturated heterocycles. The SMILES string of the molecule is Cc1ccc(N2CCN(c3ccc(Cl)cc3)CC2)cc1N. The van der Waals surface area contributed by atoms with Crippen LogP contribution in [0.2, 0.25) is 5.02 Å². The largest absolute Gasteiger partial charge is 0.398 e. The fraction of sp³-hybridized carbons (Fsp3) is 0.294. The van der Waals surface area contributed by atoms with Crippen LogP contribution in [0.25, 0.3) is 0 Å². The third-order valence-corrected chi connectivity index (χ3v) is 4.35. The van der Waals surface area contributed by atoms with E-state index in [4.69, 9.17) is 17.3 Å². The van der Waals surface area contributed by atoms with Crippen molar-refractivity contribution in [1.29, 1.82) is 0 Å². The van der Waals surface area contributed by atoms with Gasteiger partial charge in [0.15, 0.2) is 0 Å². The van der Waals surface area contributed by atoms with Gasteiger partial charge >= 0.3 is 0 Å². The Morgan fingerprint density at radius 2 is 1.38 bits per heavy atom. The average Bonchev–Trinajstić information content (AvgIpc) is 2.51. The second-order valence-electron chi connectivity index (χ2n) is 5.49. The number of nitrogen functional groups attached to an aromatic ring is 1. The topological polar surface area (TPSA) is 32.5 Å². The van der Waals surface area contributed by atoms with Crippen LogP contribution in [0.3, 0.4) is 0 Å². The molecule has 0 radical (unpaired) electrons. The summed E-state index contributed by atoms with van der Waals surface area (Å²) in [6, 6.07) is 14.4. The van der Waals surface area contributed by atoms with E-state index >= 15 is 0 Å². The maximum atomic E-state index is 6.01. The minimum Gasteiger partial charge on any atom is -0.398 e. The predicted molar refractivity (Wildman–Crippen MR) is 91.5 cm³/mol. The molecule has 0 amide bonds. The molecule has 4 heteroatoms. The second-order valence-corrected chi connectivity index (χ2v) is 5.93. The Bertz CT molecular complexity index is 616. The van der Waals surface area contributed by atoms with Gasteiger partial charge in [-0.15, -0.1) is 0 Å². The van der Waals surface area contributed by atoms with Gasteiger partial charge in [-0.05, 0) is 48.9 Å². The Morgan fingerprint density at radius 1 is 0.857 bits per heavy atom. The summed E-state index contributed by atoms with van der Waals surface area (Å²) in [5.41, 5.74) is 10.5. The number of nitrogens with two attached hydrogens (primary N) is 1. The minimum atomic E-state index is 0.785. The van der Waals surface area contributed by atoms with Crippen LogP contribution in [0, 0.1) is 6.92 Å². The standard InChI is InChI=1S/C17H20ClN3/c1-13-2-5-16(12-17(13)19)21-10-8-20(9-11-21)15-6-3-14(18)4-7-15/h2-7,12H,8-11,19H2,1H3. The summed E-state index contributed by atoms with van der Waals surface area (Å²) in [7, 11) is 0. The van der Waals surface area contributed by atoms with Crippen LogP contribution in [0.1, 0.15) is 5.56 Å². The molecule has 2 aromatic carbocycles. The molecule has 0 spiro atoms. The van der Waals surface area contributed by atoms with Crippen molar-refractivity contribution in [3.8, 4) is 0 Å². The summed E-state index contributed by atoms with van der Waals surface area (Å²) in [5.74, 6) is 0. The fourth-order valence-electron chi connectivity index (χ4n) is 2.70. The fourth-order valence-corrected chi connectivity index (χ4v) is 2.83. The van der Waals surface area contributed by atoms with E-state index in [9.17, 15) is 0 Å². The van der Waals surface area contributed by atoms with Crippen LogP contribution in [-0.2, 0) is 0 Å². The molecule has 1 fully saturated rings. The zero-order chi connectivity index (χ0) is 14.8. The van der Waals surface area contributed by atoms with Crippen molar-refractivity contribution in [2.45, 2.75) is 6.92 Å². The average molecular weight is 302 g/mol. The van der Waals surface area contributed by atoms with E-state index < -0.39 is 0 Å². The molecule has 0 saturated carbocycles. The van der Waals surface area contributed by atoms with Gasteiger partial charge in [0.2, 0.25) is 0 Å². The van der Waals surface area contributed by atoms with E-state index in [0.717, 1.165) is 42.5 Å². The van der Waals surface area contributed by atoms with Gasteiger partial charge in [0.05, 0.1) is 0 Å². The highest BCUT2D eigenvalue weighted by Gasteiger charge is 2.17. The molecule has 1 aliphatic rings. The highest BCUT2D eigenvalue weighted by molar-refractivity contribution is 6.30. The van der Waals surface area contributed by atoms with Crippen LogP contribution in [-0.4, -0.2) is 26.2 Å². The molecule has 0 aliphatic carbocycles. The van der Waals surface area contributed by atoms with Crippen LogP contribution >= 0.6 is 11.6 Å². The molecule has 110 valence electrons. The number of rotatable bonds is 2. The Morgan fingerprint density at radius 3 is 1.95 bits per heavy atom. The molecule has 1 heterocycles. The number of hydrogen-bond donors (Lipinski definition) is 1. The molecule has 0 bridgehead atoms. The Kier molecular flexibility index (Phi) is 3.93. The number of anilines is 3. The van der Waals surface area contributed by atoms with Gasteiger partial charge in [-0.3, -0.25) is 0 Å². The van der Waals surface area contributed by atoms with Gasteiger partial charge in [0.1, 0.15) is 0 Å². The number of halogens is 1. The molecule has 3 nitrogen and oxygen atoms in total. The third-order valence-electron chi connectivity index (χ3n) is 4.10. The number of hydrogen-bond acceptors (Lipinski definition) is 3. The smallest absolute Gasteiger partial charge is 0.0407 e. The maximum absolute atomic E-state index is 6.01. The molecular weight excluding hydrogens is 282 g/mol. The predicted octanol–water partition coefficient (Wildman–Crippen LogP) is 3.56. The minimum absolute atomic E-state index is 0.785. The molecule has 0 aromatic heterocycles. The normalized spacial score (nSPS) is 15.3. The van der Waals surface area contributed by atoms with Crippen molar-refractivity contribution in [3.63, 3.8) is 0 Å². The van der Waals surface area contributed by atoms with Crippen molar-refractivity contribution in [2.75, 3.05) is 41.7 Å². The lowest BCUT2D eigenvalue weighted by Gasteiger charge is -2.37. The molecule has 2 N–H and O–H groups in total. The Labute approximate surface area is 130 Å². The lowest BCUT2D eigenvalue weighted by atomic mass is 10.1. The van der Waals surface area contributed by atoms with Gasteiger partial charge in [-0.1, -0.05) is 17.7 Å². The lowest BCUT2D eigenvalue weighted by Crippen LogP contribution is -2.46. The van der Waals surface area contributed by atoms with E-state index in [1.165, 1.54) is 11.4 Å². The van der Waals surface area contributed by atoms with E-state index in [2.05, 4.69) is 40.1 Å². The van der Waals surface area contributed by atoms with Crippen molar-refractivity contribution >= 4 is 28.7 Å². The summed E-state index contributed by atoms with van der Waals surface area (Å²) >= 11 is 5.94. The summed E-state index contributed by atoms with van der Waals surface area (Å²) < 4.78 is 0. The van der Waals surface area contributed by atoms with Crippen LogP contribution < -0.4 is 15.5 Å². The van der Waals surface area contributed by atoms with Crippen molar-refractivity contribution < 1.29 is 0 Å². The molecular formula is C17H20ClN3. The Balaban J connectivity index is 1.67. The second kappa shape index (κ2) is 5.86. The summed E-state index contributed by atoms with van der Waals surface area (Å²) in [5, 5.41) is 0.785. The molecule has 3 rings (SSSR count). The van der Waals surface area contributed by atoms with Crippen LogP contribution in [0.15, 0.2) is 42.5 Å². The molecule has 2 aromatic rings. The quantitative estimate of drug-likeness (QED) is 0.861. The maximum Gasteiger partial charge on any atom is 0.0407 e. The van der Waals surface area contributed by atoms with Crippen molar-refractivity contribution in [1.82, 2.24) is 0 Å². The summed E-state index contributed by atoms with van der Waals surface area (Å²) in [4.78, 5) is 4.78.